The summed E-state index contributed by atoms with van der Waals surface area (Å²) in [5, 5.41) is 3.43. The van der Waals surface area contributed by atoms with E-state index < -0.39 is 0 Å². The topological polar surface area (TPSA) is 38.9 Å². The molecule has 3 heteroatoms. The van der Waals surface area contributed by atoms with E-state index in [0.717, 1.165) is 22.1 Å². The molecule has 2 aromatic carbocycles. The average molecular weight is 220 g/mol. The highest BCUT2D eigenvalue weighted by Gasteiger charge is 2.10. The molecule has 0 aliphatic heterocycles. The summed E-state index contributed by atoms with van der Waals surface area (Å²) in [6.45, 7) is 0. The van der Waals surface area contributed by atoms with Crippen molar-refractivity contribution < 1.29 is 4.42 Å². The molecule has 0 bridgehead atoms. The van der Waals surface area contributed by atoms with E-state index in [2.05, 4.69) is 28.2 Å². The van der Waals surface area contributed by atoms with Gasteiger partial charge in [0.15, 0.2) is 5.58 Å². The first-order valence-corrected chi connectivity index (χ1v) is 5.43. The van der Waals surface area contributed by atoms with Gasteiger partial charge < -0.3 is 4.42 Å². The molecule has 0 amide bonds. The summed E-state index contributed by atoms with van der Waals surface area (Å²) in [4.78, 5) is 8.30. The van der Waals surface area contributed by atoms with Gasteiger partial charge in [-0.05, 0) is 16.8 Å². The minimum Gasteiger partial charge on any atom is -0.453 e. The lowest BCUT2D eigenvalue weighted by atomic mass is 10.1. The second-order valence-electron chi connectivity index (χ2n) is 4.00. The highest BCUT2D eigenvalue weighted by molar-refractivity contribution is 6.17. The van der Waals surface area contributed by atoms with Crippen molar-refractivity contribution in [3.63, 3.8) is 0 Å². The van der Waals surface area contributed by atoms with Crippen LogP contribution in [0.15, 0.2) is 53.3 Å². The molecular weight excluding hydrogens is 212 g/mol. The molecule has 0 radical (unpaired) electrons. The van der Waals surface area contributed by atoms with Crippen molar-refractivity contribution in [3.05, 3.63) is 48.9 Å². The van der Waals surface area contributed by atoms with Gasteiger partial charge in [-0.2, -0.15) is 0 Å². The minimum absolute atomic E-state index is 0.735. The Kier molecular flexibility index (Phi) is 1.56. The first-order chi connectivity index (χ1) is 8.43. The second kappa shape index (κ2) is 3.04. The summed E-state index contributed by atoms with van der Waals surface area (Å²) in [6.07, 6.45) is 3.26. The molecule has 0 saturated heterocycles. The summed E-state index contributed by atoms with van der Waals surface area (Å²) >= 11 is 0. The van der Waals surface area contributed by atoms with Gasteiger partial charge in [-0.3, -0.25) is 0 Å². The Labute approximate surface area is 96.7 Å². The van der Waals surface area contributed by atoms with E-state index >= 15 is 0 Å². The molecule has 0 spiro atoms. The average Bonchev–Trinajstić information content (AvgIpc) is 2.77. The lowest BCUT2D eigenvalue weighted by Crippen LogP contribution is -1.77. The first kappa shape index (κ1) is 8.70. The van der Waals surface area contributed by atoms with Crippen molar-refractivity contribution >= 4 is 32.8 Å². The molecule has 2 heterocycles. The van der Waals surface area contributed by atoms with E-state index in [0.29, 0.717) is 0 Å². The van der Waals surface area contributed by atoms with Crippen LogP contribution >= 0.6 is 0 Å². The Morgan fingerprint density at radius 3 is 2.88 bits per heavy atom. The van der Waals surface area contributed by atoms with Gasteiger partial charge in [0.25, 0.3) is 0 Å². The number of rotatable bonds is 0. The van der Waals surface area contributed by atoms with E-state index in [1.54, 1.807) is 12.5 Å². The maximum Gasteiger partial charge on any atom is 0.172 e. The van der Waals surface area contributed by atoms with E-state index in [1.165, 1.54) is 10.8 Å². The van der Waals surface area contributed by atoms with Gasteiger partial charge in [0.05, 0.1) is 11.6 Å². The maximum absolute atomic E-state index is 5.74. The monoisotopic (exact) mass is 220 g/mol. The maximum atomic E-state index is 5.74. The fourth-order valence-corrected chi connectivity index (χ4v) is 2.28. The van der Waals surface area contributed by atoms with Crippen LogP contribution in [0.5, 0.6) is 0 Å². The Morgan fingerprint density at radius 1 is 0.941 bits per heavy atom. The lowest BCUT2D eigenvalue weighted by Gasteiger charge is -1.97. The fraction of sp³-hybridized carbons (Fsp3) is 0. The quantitative estimate of drug-likeness (QED) is 0.455. The molecule has 0 atom stereocenters. The van der Waals surface area contributed by atoms with Crippen LogP contribution in [0.2, 0.25) is 0 Å². The SMILES string of the molecule is c1ccc2c(c1)ccc1oc3cncnc3c12. The number of hydrogen-bond donors (Lipinski definition) is 0. The third-order valence-corrected chi connectivity index (χ3v) is 3.03. The Balaban J connectivity index is 2.38. The molecule has 4 rings (SSSR count). The molecule has 0 saturated carbocycles. The van der Waals surface area contributed by atoms with Crippen molar-refractivity contribution in [1.29, 1.82) is 0 Å². The second-order valence-corrected chi connectivity index (χ2v) is 4.00. The molecule has 0 fully saturated rings. The van der Waals surface area contributed by atoms with Gasteiger partial charge in [0, 0.05) is 0 Å². The van der Waals surface area contributed by atoms with Crippen LogP contribution in [0, 0.1) is 0 Å². The highest BCUT2D eigenvalue weighted by Crippen LogP contribution is 2.32. The molecule has 80 valence electrons. The van der Waals surface area contributed by atoms with Crippen molar-refractivity contribution in [2.75, 3.05) is 0 Å². The molecule has 0 N–H and O–H groups in total. The smallest absolute Gasteiger partial charge is 0.172 e. The van der Waals surface area contributed by atoms with Crippen molar-refractivity contribution in [3.8, 4) is 0 Å². The Morgan fingerprint density at radius 2 is 1.88 bits per heavy atom. The van der Waals surface area contributed by atoms with Crippen LogP contribution in [0.1, 0.15) is 0 Å². The van der Waals surface area contributed by atoms with Gasteiger partial charge in [-0.25, -0.2) is 9.97 Å². The van der Waals surface area contributed by atoms with Crippen LogP contribution in [-0.2, 0) is 0 Å². The van der Waals surface area contributed by atoms with Gasteiger partial charge in [-0.15, -0.1) is 0 Å². The standard InChI is InChI=1S/C14H8N2O/c1-2-4-10-9(3-1)5-6-11-13(10)14-12(17-11)7-15-8-16-14/h1-8H. The zero-order chi connectivity index (χ0) is 11.2. The summed E-state index contributed by atoms with van der Waals surface area (Å²) in [6, 6.07) is 12.3. The highest BCUT2D eigenvalue weighted by atomic mass is 16.3. The zero-order valence-electron chi connectivity index (χ0n) is 8.92. The number of furan rings is 1. The van der Waals surface area contributed by atoms with Crippen molar-refractivity contribution in [1.82, 2.24) is 9.97 Å². The zero-order valence-corrected chi connectivity index (χ0v) is 8.92. The molecular formula is C14H8N2O. The predicted octanol–water partition coefficient (Wildman–Crippen LogP) is 3.53. The summed E-state index contributed by atoms with van der Waals surface area (Å²) in [7, 11) is 0. The third kappa shape index (κ3) is 1.11. The third-order valence-electron chi connectivity index (χ3n) is 3.03. The van der Waals surface area contributed by atoms with E-state index in [-0.39, 0.29) is 0 Å². The van der Waals surface area contributed by atoms with E-state index in [9.17, 15) is 0 Å². The number of aromatic nitrogens is 2. The first-order valence-electron chi connectivity index (χ1n) is 5.43. The van der Waals surface area contributed by atoms with Crippen LogP contribution in [-0.4, -0.2) is 9.97 Å². The van der Waals surface area contributed by atoms with Gasteiger partial charge in [0.1, 0.15) is 17.4 Å². The van der Waals surface area contributed by atoms with Gasteiger partial charge in [0.2, 0.25) is 0 Å². The van der Waals surface area contributed by atoms with Crippen LogP contribution in [0.3, 0.4) is 0 Å². The molecule has 0 aliphatic rings. The minimum atomic E-state index is 0.735. The van der Waals surface area contributed by atoms with E-state index in [4.69, 9.17) is 4.42 Å². The van der Waals surface area contributed by atoms with Crippen LogP contribution < -0.4 is 0 Å². The van der Waals surface area contributed by atoms with Gasteiger partial charge in [-0.1, -0.05) is 30.3 Å². The lowest BCUT2D eigenvalue weighted by molar-refractivity contribution is 0.666. The molecule has 17 heavy (non-hydrogen) atoms. The van der Waals surface area contributed by atoms with Crippen molar-refractivity contribution in [2.45, 2.75) is 0 Å². The summed E-state index contributed by atoms with van der Waals surface area (Å²) in [5.74, 6) is 0. The molecule has 4 aromatic rings. The summed E-state index contributed by atoms with van der Waals surface area (Å²) < 4.78 is 5.74. The van der Waals surface area contributed by atoms with E-state index in [1.807, 2.05) is 18.2 Å². The fourth-order valence-electron chi connectivity index (χ4n) is 2.28. The van der Waals surface area contributed by atoms with Gasteiger partial charge >= 0.3 is 0 Å². The number of nitrogens with zero attached hydrogens (tertiary/aromatic N) is 2. The molecule has 0 aliphatic carbocycles. The summed E-state index contributed by atoms with van der Waals surface area (Å²) in [5.41, 5.74) is 2.48. The molecule has 2 aromatic heterocycles. The Bertz CT molecular complexity index is 842. The van der Waals surface area contributed by atoms with Crippen LogP contribution in [0.25, 0.3) is 32.8 Å². The number of benzene rings is 2. The number of fused-ring (bicyclic) bond motifs is 5. The van der Waals surface area contributed by atoms with Crippen molar-refractivity contribution in [2.24, 2.45) is 0 Å². The Hall–Kier alpha value is -2.42. The normalized spacial score (nSPS) is 11.5. The largest absolute Gasteiger partial charge is 0.453 e. The van der Waals surface area contributed by atoms with Crippen LogP contribution in [0.4, 0.5) is 0 Å². The molecule has 3 nitrogen and oxygen atoms in total. The molecule has 0 unspecified atom stereocenters. The number of hydrogen-bond acceptors (Lipinski definition) is 3. The predicted molar refractivity (Wildman–Crippen MR) is 66.8 cm³/mol.